The molecule has 7 nitrogen and oxygen atoms in total. The average molecular weight is 416 g/mol. The Morgan fingerprint density at radius 2 is 1.59 bits per heavy atom. The summed E-state index contributed by atoms with van der Waals surface area (Å²) in [7, 11) is 1.52. The van der Waals surface area contributed by atoms with Gasteiger partial charge >= 0.3 is 0 Å². The Kier molecular flexibility index (Phi) is 6.03. The molecule has 0 saturated carbocycles. The summed E-state index contributed by atoms with van der Waals surface area (Å²) >= 11 is 0. The van der Waals surface area contributed by atoms with Crippen molar-refractivity contribution in [1.29, 1.82) is 0 Å². The maximum atomic E-state index is 11.6. The van der Waals surface area contributed by atoms with Crippen molar-refractivity contribution in [2.24, 2.45) is 0 Å². The van der Waals surface area contributed by atoms with E-state index >= 15 is 0 Å². The van der Waals surface area contributed by atoms with Crippen molar-refractivity contribution in [2.45, 2.75) is 11.4 Å². The zero-order valence-corrected chi connectivity index (χ0v) is 17.6. The molecule has 0 saturated heterocycles. The van der Waals surface area contributed by atoms with E-state index in [1.807, 2.05) is 47.6 Å². The minimum Gasteiger partial charge on any atom is -0.493 e. The predicted octanol–water partition coefficient (Wildman–Crippen LogP) is 2.99. The SMILES string of the molecule is COc1cc(C2=CC=CN(Cc3ccc(S(C)(=O)=O)cc3)N2)cc(OC)c1OC. The van der Waals surface area contributed by atoms with Gasteiger partial charge in [0.05, 0.1) is 38.5 Å². The molecule has 0 aliphatic carbocycles. The topological polar surface area (TPSA) is 77.1 Å². The normalized spacial score (nSPS) is 13.5. The number of nitrogens with zero attached hydrogens (tertiary/aromatic N) is 1. The fourth-order valence-corrected chi connectivity index (χ4v) is 3.63. The molecule has 29 heavy (non-hydrogen) atoms. The Balaban J connectivity index is 1.79. The van der Waals surface area contributed by atoms with Gasteiger partial charge in [0.15, 0.2) is 21.3 Å². The highest BCUT2D eigenvalue weighted by atomic mass is 32.2. The van der Waals surface area contributed by atoms with Crippen LogP contribution in [0.3, 0.4) is 0 Å². The first-order valence-electron chi connectivity index (χ1n) is 8.87. The van der Waals surface area contributed by atoms with Crippen molar-refractivity contribution < 1.29 is 22.6 Å². The minimum absolute atomic E-state index is 0.307. The van der Waals surface area contributed by atoms with Gasteiger partial charge < -0.3 is 14.2 Å². The highest BCUT2D eigenvalue weighted by molar-refractivity contribution is 7.90. The van der Waals surface area contributed by atoms with E-state index in [0.717, 1.165) is 16.8 Å². The highest BCUT2D eigenvalue weighted by Crippen LogP contribution is 2.39. The lowest BCUT2D eigenvalue weighted by molar-refractivity contribution is 0.312. The van der Waals surface area contributed by atoms with Crippen LogP contribution in [0.15, 0.2) is 59.6 Å². The molecule has 0 amide bonds. The molecule has 0 radical (unpaired) electrons. The van der Waals surface area contributed by atoms with Crippen molar-refractivity contribution >= 4 is 15.5 Å². The van der Waals surface area contributed by atoms with Gasteiger partial charge in [-0.05, 0) is 42.0 Å². The van der Waals surface area contributed by atoms with Crippen molar-refractivity contribution in [3.8, 4) is 17.2 Å². The number of nitrogens with one attached hydrogen (secondary N) is 1. The quantitative estimate of drug-likeness (QED) is 0.743. The molecule has 1 N–H and O–H groups in total. The maximum Gasteiger partial charge on any atom is 0.203 e. The standard InChI is InChI=1S/C21H24N2O5S/c1-26-19-12-16(13-20(27-2)21(19)28-3)18-6-5-11-23(22-18)14-15-7-9-17(10-8-15)29(4,24)25/h5-13,22H,14H2,1-4H3. The third kappa shape index (κ3) is 4.65. The molecule has 0 bridgehead atoms. The number of sulfone groups is 1. The second-order valence-electron chi connectivity index (χ2n) is 6.49. The summed E-state index contributed by atoms with van der Waals surface area (Å²) in [5.74, 6) is 1.68. The van der Waals surface area contributed by atoms with E-state index in [0.29, 0.717) is 28.7 Å². The van der Waals surface area contributed by atoms with E-state index in [4.69, 9.17) is 14.2 Å². The molecule has 154 valence electrons. The van der Waals surface area contributed by atoms with Gasteiger partial charge in [0.25, 0.3) is 0 Å². The molecule has 1 aliphatic rings. The van der Waals surface area contributed by atoms with E-state index < -0.39 is 9.84 Å². The second-order valence-corrected chi connectivity index (χ2v) is 8.51. The zero-order chi connectivity index (χ0) is 21.0. The number of hydrazine groups is 1. The van der Waals surface area contributed by atoms with Gasteiger partial charge in [-0.2, -0.15) is 0 Å². The first-order valence-corrected chi connectivity index (χ1v) is 10.8. The summed E-state index contributed by atoms with van der Waals surface area (Å²) in [6.07, 6.45) is 6.99. The maximum absolute atomic E-state index is 11.6. The smallest absolute Gasteiger partial charge is 0.203 e. The largest absolute Gasteiger partial charge is 0.493 e. The molecule has 8 heteroatoms. The lowest BCUT2D eigenvalue weighted by Crippen LogP contribution is -2.33. The van der Waals surface area contributed by atoms with Crippen LogP contribution in [0.4, 0.5) is 0 Å². The average Bonchev–Trinajstić information content (AvgIpc) is 2.72. The molecular weight excluding hydrogens is 392 g/mol. The van der Waals surface area contributed by atoms with Gasteiger partial charge in [0.1, 0.15) is 0 Å². The summed E-state index contributed by atoms with van der Waals surface area (Å²) in [4.78, 5) is 0.307. The van der Waals surface area contributed by atoms with Gasteiger partial charge in [0, 0.05) is 18.0 Å². The first kappa shape index (κ1) is 20.6. The van der Waals surface area contributed by atoms with E-state index in [1.165, 1.54) is 6.26 Å². The number of methoxy groups -OCH3 is 3. The lowest BCUT2D eigenvalue weighted by atomic mass is 10.1. The summed E-state index contributed by atoms with van der Waals surface area (Å²) in [5, 5.41) is 1.91. The third-order valence-electron chi connectivity index (χ3n) is 4.47. The summed E-state index contributed by atoms with van der Waals surface area (Å²) in [5.41, 5.74) is 6.05. The molecule has 0 fully saturated rings. The Labute approximate surface area is 171 Å². The number of rotatable bonds is 7. The molecule has 0 unspecified atom stereocenters. The molecule has 2 aromatic rings. The Bertz CT molecular complexity index is 1020. The first-order chi connectivity index (χ1) is 13.9. The van der Waals surface area contributed by atoms with Gasteiger partial charge in [-0.3, -0.25) is 10.4 Å². The minimum atomic E-state index is -3.20. The summed E-state index contributed by atoms with van der Waals surface area (Å²) in [6, 6.07) is 10.6. The van der Waals surface area contributed by atoms with Crippen molar-refractivity contribution in [3.05, 3.63) is 65.9 Å². The van der Waals surface area contributed by atoms with Crippen molar-refractivity contribution in [1.82, 2.24) is 10.4 Å². The number of hydrogen-bond donors (Lipinski definition) is 1. The number of allylic oxidation sites excluding steroid dienone is 2. The van der Waals surface area contributed by atoms with E-state index in [9.17, 15) is 8.42 Å². The molecule has 2 aromatic carbocycles. The fraction of sp³-hybridized carbons (Fsp3) is 0.238. The molecular formula is C21H24N2O5S. The number of hydrogen-bond acceptors (Lipinski definition) is 7. The molecule has 3 rings (SSSR count). The van der Waals surface area contributed by atoms with Crippen molar-refractivity contribution in [2.75, 3.05) is 27.6 Å². The van der Waals surface area contributed by atoms with Crippen LogP contribution >= 0.6 is 0 Å². The Morgan fingerprint density at radius 3 is 2.10 bits per heavy atom. The van der Waals surface area contributed by atoms with Gasteiger partial charge in [-0.15, -0.1) is 0 Å². The van der Waals surface area contributed by atoms with Crippen LogP contribution in [0.5, 0.6) is 17.2 Å². The number of ether oxygens (including phenoxy) is 3. The number of benzene rings is 2. The molecule has 1 heterocycles. The van der Waals surface area contributed by atoms with Gasteiger partial charge in [-0.1, -0.05) is 12.1 Å². The van der Waals surface area contributed by atoms with E-state index in [2.05, 4.69) is 5.43 Å². The third-order valence-corrected chi connectivity index (χ3v) is 5.60. The Hall–Kier alpha value is -3.13. The molecule has 1 aliphatic heterocycles. The molecule has 0 atom stereocenters. The van der Waals surface area contributed by atoms with Crippen LogP contribution in [0, 0.1) is 0 Å². The summed E-state index contributed by atoms with van der Waals surface area (Å²) in [6.45, 7) is 0.558. The Morgan fingerprint density at radius 1 is 0.966 bits per heavy atom. The van der Waals surface area contributed by atoms with Crippen molar-refractivity contribution in [3.63, 3.8) is 0 Å². The van der Waals surface area contributed by atoms with Crippen LogP contribution in [0.1, 0.15) is 11.1 Å². The molecule has 0 spiro atoms. The highest BCUT2D eigenvalue weighted by Gasteiger charge is 2.17. The van der Waals surface area contributed by atoms with Crippen LogP contribution in [0.2, 0.25) is 0 Å². The zero-order valence-electron chi connectivity index (χ0n) is 16.8. The van der Waals surface area contributed by atoms with Crippen LogP contribution in [0.25, 0.3) is 5.70 Å². The predicted molar refractivity (Wildman–Crippen MR) is 111 cm³/mol. The van der Waals surface area contributed by atoms with Gasteiger partial charge in [0.2, 0.25) is 5.75 Å². The van der Waals surface area contributed by atoms with Gasteiger partial charge in [-0.25, -0.2) is 8.42 Å². The molecule has 0 aromatic heterocycles. The van der Waals surface area contributed by atoms with E-state index in [-0.39, 0.29) is 0 Å². The second kappa shape index (κ2) is 8.48. The fourth-order valence-electron chi connectivity index (χ4n) is 3.00. The van der Waals surface area contributed by atoms with Crippen LogP contribution < -0.4 is 19.6 Å². The lowest BCUT2D eigenvalue weighted by Gasteiger charge is -2.27. The summed E-state index contributed by atoms with van der Waals surface area (Å²) < 4.78 is 39.5. The van der Waals surface area contributed by atoms with E-state index in [1.54, 1.807) is 33.5 Å². The van der Waals surface area contributed by atoms with Crippen LogP contribution in [-0.2, 0) is 16.4 Å². The van der Waals surface area contributed by atoms with Crippen LogP contribution in [-0.4, -0.2) is 41.0 Å². The monoisotopic (exact) mass is 416 g/mol.